The van der Waals surface area contributed by atoms with E-state index in [0.717, 1.165) is 31.5 Å². The highest BCUT2D eigenvalue weighted by atomic mass is 35.5. The van der Waals surface area contributed by atoms with Crippen molar-refractivity contribution in [2.75, 3.05) is 27.2 Å². The molecular formula is C20H32ClN3. The summed E-state index contributed by atoms with van der Waals surface area (Å²) in [7, 11) is 4.09. The lowest BCUT2D eigenvalue weighted by molar-refractivity contribution is 0.160. The minimum Gasteiger partial charge on any atom is -0.309 e. The second-order valence-corrected chi connectivity index (χ2v) is 7.81. The largest absolute Gasteiger partial charge is 0.309 e. The maximum Gasteiger partial charge on any atom is 0.0861 e. The number of nitriles is 1. The second kappa shape index (κ2) is 9.42. The first-order valence-corrected chi connectivity index (χ1v) is 9.18. The maximum atomic E-state index is 10.1. The summed E-state index contributed by atoms with van der Waals surface area (Å²) in [6.45, 7) is 10.6. The van der Waals surface area contributed by atoms with Gasteiger partial charge in [-0.1, -0.05) is 29.8 Å². The molecule has 0 bridgehead atoms. The SMILES string of the molecule is CC(C)N(CCC(C#N)(CCN(C)C)c1ccccc1Cl)C(C)C. The van der Waals surface area contributed by atoms with Gasteiger partial charge in [-0.05, 0) is 72.8 Å². The molecule has 1 unspecified atom stereocenters. The van der Waals surface area contributed by atoms with Crippen molar-refractivity contribution in [3.8, 4) is 6.07 Å². The van der Waals surface area contributed by atoms with Gasteiger partial charge in [0.05, 0.1) is 11.5 Å². The van der Waals surface area contributed by atoms with E-state index in [4.69, 9.17) is 11.6 Å². The maximum absolute atomic E-state index is 10.1. The summed E-state index contributed by atoms with van der Waals surface area (Å²) in [5.41, 5.74) is 0.411. The lowest BCUT2D eigenvalue weighted by Gasteiger charge is -2.35. The number of benzene rings is 1. The van der Waals surface area contributed by atoms with Crippen molar-refractivity contribution in [1.82, 2.24) is 9.80 Å². The van der Waals surface area contributed by atoms with E-state index in [1.807, 2.05) is 38.4 Å². The normalized spacial score (nSPS) is 14.4. The molecule has 24 heavy (non-hydrogen) atoms. The molecular weight excluding hydrogens is 318 g/mol. The molecule has 0 aliphatic heterocycles. The molecule has 1 aromatic rings. The zero-order chi connectivity index (χ0) is 18.3. The molecule has 1 atom stereocenters. The van der Waals surface area contributed by atoms with Gasteiger partial charge < -0.3 is 4.90 Å². The highest BCUT2D eigenvalue weighted by molar-refractivity contribution is 6.31. The van der Waals surface area contributed by atoms with Gasteiger partial charge in [-0.15, -0.1) is 0 Å². The van der Waals surface area contributed by atoms with Crippen molar-refractivity contribution in [3.05, 3.63) is 34.9 Å². The summed E-state index contributed by atoms with van der Waals surface area (Å²) in [5, 5.41) is 10.8. The van der Waals surface area contributed by atoms with Gasteiger partial charge in [0.1, 0.15) is 0 Å². The molecule has 0 aliphatic rings. The van der Waals surface area contributed by atoms with E-state index in [0.29, 0.717) is 17.1 Å². The van der Waals surface area contributed by atoms with E-state index in [1.165, 1.54) is 0 Å². The molecule has 1 aromatic carbocycles. The Kier molecular flexibility index (Phi) is 8.22. The molecule has 4 heteroatoms. The molecule has 0 N–H and O–H groups in total. The van der Waals surface area contributed by atoms with E-state index in [2.05, 4.69) is 43.6 Å². The molecule has 1 rings (SSSR count). The number of rotatable bonds is 9. The molecule has 0 amide bonds. The molecule has 0 spiro atoms. The van der Waals surface area contributed by atoms with Gasteiger partial charge in [-0.3, -0.25) is 4.90 Å². The molecule has 0 fully saturated rings. The van der Waals surface area contributed by atoms with Crippen molar-refractivity contribution < 1.29 is 0 Å². The van der Waals surface area contributed by atoms with Crippen molar-refractivity contribution in [2.45, 2.75) is 58.0 Å². The van der Waals surface area contributed by atoms with Crippen LogP contribution >= 0.6 is 11.6 Å². The van der Waals surface area contributed by atoms with Gasteiger partial charge in [0.25, 0.3) is 0 Å². The minimum atomic E-state index is -0.551. The highest BCUT2D eigenvalue weighted by Gasteiger charge is 2.35. The predicted molar refractivity (Wildman–Crippen MR) is 104 cm³/mol. The van der Waals surface area contributed by atoms with Gasteiger partial charge >= 0.3 is 0 Å². The topological polar surface area (TPSA) is 30.3 Å². The predicted octanol–water partition coefficient (Wildman–Crippen LogP) is 4.56. The Balaban J connectivity index is 3.13. The summed E-state index contributed by atoms with van der Waals surface area (Å²) < 4.78 is 0. The standard InChI is InChI=1S/C20H32ClN3/c1-16(2)24(17(3)4)14-12-20(15-22,11-13-23(5)6)18-9-7-8-10-19(18)21/h7-10,16-17H,11-14H2,1-6H3. The lowest BCUT2D eigenvalue weighted by atomic mass is 9.75. The number of halogens is 1. The number of nitrogens with zero attached hydrogens (tertiary/aromatic N) is 3. The van der Waals surface area contributed by atoms with Gasteiger partial charge in [0, 0.05) is 23.7 Å². The Morgan fingerprint density at radius 3 is 2.04 bits per heavy atom. The zero-order valence-electron chi connectivity index (χ0n) is 16.0. The molecule has 3 nitrogen and oxygen atoms in total. The third kappa shape index (κ3) is 5.48. The average Bonchev–Trinajstić information content (AvgIpc) is 2.51. The molecule has 0 aliphatic carbocycles. The van der Waals surface area contributed by atoms with Crippen LogP contribution in [0.15, 0.2) is 24.3 Å². The Morgan fingerprint density at radius 2 is 1.58 bits per heavy atom. The monoisotopic (exact) mass is 349 g/mol. The van der Waals surface area contributed by atoms with Crippen molar-refractivity contribution in [1.29, 1.82) is 5.26 Å². The van der Waals surface area contributed by atoms with Crippen LogP contribution in [0.5, 0.6) is 0 Å². The van der Waals surface area contributed by atoms with Gasteiger partial charge in [0.2, 0.25) is 0 Å². The third-order valence-corrected chi connectivity index (χ3v) is 5.04. The molecule has 134 valence electrons. The quantitative estimate of drug-likeness (QED) is 0.654. The fourth-order valence-corrected chi connectivity index (χ4v) is 3.58. The van der Waals surface area contributed by atoms with Crippen LogP contribution in [0.4, 0.5) is 0 Å². The summed E-state index contributed by atoms with van der Waals surface area (Å²) in [5.74, 6) is 0. The van der Waals surface area contributed by atoms with Crippen LogP contribution in [0, 0.1) is 11.3 Å². The first kappa shape index (κ1) is 21.0. The van der Waals surface area contributed by atoms with E-state index in [1.54, 1.807) is 0 Å². The minimum absolute atomic E-state index is 0.460. The lowest BCUT2D eigenvalue weighted by Crippen LogP contribution is -2.41. The van der Waals surface area contributed by atoms with Gasteiger partial charge in [-0.25, -0.2) is 0 Å². The fourth-order valence-electron chi connectivity index (χ4n) is 3.26. The fraction of sp³-hybridized carbons (Fsp3) is 0.650. The molecule has 0 heterocycles. The van der Waals surface area contributed by atoms with E-state index in [-0.39, 0.29) is 0 Å². The Morgan fingerprint density at radius 1 is 1.04 bits per heavy atom. The van der Waals surface area contributed by atoms with E-state index < -0.39 is 5.41 Å². The average molecular weight is 350 g/mol. The molecule has 0 aromatic heterocycles. The van der Waals surface area contributed by atoms with Crippen LogP contribution in [0.1, 0.15) is 46.1 Å². The Bertz CT molecular complexity index is 540. The first-order valence-electron chi connectivity index (χ1n) is 8.80. The van der Waals surface area contributed by atoms with Crippen LogP contribution in [-0.4, -0.2) is 49.1 Å². The van der Waals surface area contributed by atoms with Crippen LogP contribution in [0.2, 0.25) is 5.02 Å². The highest BCUT2D eigenvalue weighted by Crippen LogP contribution is 2.36. The second-order valence-electron chi connectivity index (χ2n) is 7.40. The van der Waals surface area contributed by atoms with Crippen molar-refractivity contribution >= 4 is 11.6 Å². The third-order valence-electron chi connectivity index (χ3n) is 4.71. The molecule has 0 saturated heterocycles. The summed E-state index contributed by atoms with van der Waals surface area (Å²) >= 11 is 6.46. The van der Waals surface area contributed by atoms with Crippen LogP contribution in [0.25, 0.3) is 0 Å². The smallest absolute Gasteiger partial charge is 0.0861 e. The molecule has 0 radical (unpaired) electrons. The van der Waals surface area contributed by atoms with Crippen molar-refractivity contribution in [2.24, 2.45) is 0 Å². The number of hydrogen-bond donors (Lipinski definition) is 0. The van der Waals surface area contributed by atoms with E-state index >= 15 is 0 Å². The Hall–Kier alpha value is -1.08. The first-order chi connectivity index (χ1) is 11.2. The number of hydrogen-bond acceptors (Lipinski definition) is 3. The van der Waals surface area contributed by atoms with Crippen LogP contribution < -0.4 is 0 Å². The van der Waals surface area contributed by atoms with Crippen molar-refractivity contribution in [3.63, 3.8) is 0 Å². The van der Waals surface area contributed by atoms with Crippen LogP contribution in [0.3, 0.4) is 0 Å². The van der Waals surface area contributed by atoms with Crippen LogP contribution in [-0.2, 0) is 5.41 Å². The molecule has 0 saturated carbocycles. The summed E-state index contributed by atoms with van der Waals surface area (Å²) in [4.78, 5) is 4.57. The van der Waals surface area contributed by atoms with Gasteiger partial charge in [0.15, 0.2) is 0 Å². The van der Waals surface area contributed by atoms with Gasteiger partial charge in [-0.2, -0.15) is 5.26 Å². The Labute approximate surface area is 153 Å². The summed E-state index contributed by atoms with van der Waals surface area (Å²) in [6.07, 6.45) is 1.57. The van der Waals surface area contributed by atoms with E-state index in [9.17, 15) is 5.26 Å². The zero-order valence-corrected chi connectivity index (χ0v) is 16.8. The summed E-state index contributed by atoms with van der Waals surface area (Å²) in [6, 6.07) is 11.3.